The largest absolute Gasteiger partial charge is 0.497 e. The zero-order valence-corrected chi connectivity index (χ0v) is 17.7. The van der Waals surface area contributed by atoms with E-state index in [2.05, 4.69) is 52.9 Å². The Bertz CT molecular complexity index is 916. The van der Waals surface area contributed by atoms with Crippen LogP contribution in [0, 0.1) is 12.8 Å². The van der Waals surface area contributed by atoms with Crippen molar-refractivity contribution in [2.75, 3.05) is 7.11 Å². The number of carbonyl (C=O) groups is 1. The van der Waals surface area contributed by atoms with Crippen molar-refractivity contribution in [2.45, 2.75) is 57.5 Å². The minimum Gasteiger partial charge on any atom is -0.497 e. The number of nitrogens with zero attached hydrogens (tertiary/aromatic N) is 2. The van der Waals surface area contributed by atoms with Crippen LogP contribution in [0.1, 0.15) is 48.5 Å². The molecule has 158 valence electrons. The van der Waals surface area contributed by atoms with E-state index in [1.54, 1.807) is 7.11 Å². The molecule has 6 nitrogen and oxygen atoms in total. The van der Waals surface area contributed by atoms with Crippen LogP contribution in [0.2, 0.25) is 0 Å². The highest BCUT2D eigenvalue weighted by atomic mass is 16.5. The zero-order chi connectivity index (χ0) is 20.7. The number of hydrazine groups is 1. The number of carbonyl (C=O) groups excluding carboxylic acids is 1. The number of ether oxygens (including phenoxy) is 1. The van der Waals surface area contributed by atoms with Gasteiger partial charge in [-0.3, -0.25) is 5.32 Å². The van der Waals surface area contributed by atoms with E-state index in [0.29, 0.717) is 12.5 Å². The molecule has 2 amide bonds. The highest BCUT2D eigenvalue weighted by Crippen LogP contribution is 2.40. The van der Waals surface area contributed by atoms with Gasteiger partial charge in [-0.2, -0.15) is 0 Å². The molecule has 2 aromatic rings. The van der Waals surface area contributed by atoms with Gasteiger partial charge in [0.1, 0.15) is 18.1 Å². The van der Waals surface area contributed by atoms with Gasteiger partial charge in [0.2, 0.25) is 0 Å². The number of benzene rings is 2. The Morgan fingerprint density at radius 1 is 1.10 bits per heavy atom. The van der Waals surface area contributed by atoms with E-state index >= 15 is 0 Å². The summed E-state index contributed by atoms with van der Waals surface area (Å²) in [7, 11) is 1.68. The maximum atomic E-state index is 13.6. The fourth-order valence-electron chi connectivity index (χ4n) is 5.25. The second kappa shape index (κ2) is 7.93. The summed E-state index contributed by atoms with van der Waals surface area (Å²) in [5.74, 6) is 1.25. The maximum absolute atomic E-state index is 13.6. The van der Waals surface area contributed by atoms with Gasteiger partial charge in [-0.05, 0) is 43.0 Å². The average Bonchev–Trinajstić information content (AvgIpc) is 3.23. The summed E-state index contributed by atoms with van der Waals surface area (Å²) in [6.07, 6.45) is 4.62. The van der Waals surface area contributed by atoms with E-state index in [0.717, 1.165) is 29.7 Å². The number of rotatable bonds is 4. The van der Waals surface area contributed by atoms with Crippen molar-refractivity contribution < 1.29 is 9.53 Å². The third-order valence-electron chi connectivity index (χ3n) is 6.82. The second-order valence-electron chi connectivity index (χ2n) is 8.73. The first-order valence-corrected chi connectivity index (χ1v) is 11.0. The number of amides is 2. The molecule has 3 fully saturated rings. The van der Waals surface area contributed by atoms with Gasteiger partial charge in [-0.15, -0.1) is 0 Å². The number of nitrogens with one attached hydrogen (secondary N) is 2. The first-order chi connectivity index (χ1) is 14.6. The molecule has 0 bridgehead atoms. The summed E-state index contributed by atoms with van der Waals surface area (Å²) < 4.78 is 5.38. The van der Waals surface area contributed by atoms with Crippen LogP contribution in [-0.2, 0) is 6.54 Å². The molecular weight excluding hydrogens is 376 g/mol. The Balaban J connectivity index is 1.41. The monoisotopic (exact) mass is 406 g/mol. The minimum atomic E-state index is -0.0427. The van der Waals surface area contributed by atoms with Crippen molar-refractivity contribution in [3.05, 3.63) is 65.2 Å². The molecule has 2 aromatic carbocycles. The average molecular weight is 407 g/mol. The number of aryl methyl sites for hydroxylation is 1. The molecule has 1 aliphatic carbocycles. The summed E-state index contributed by atoms with van der Waals surface area (Å²) in [5, 5.41) is 5.55. The van der Waals surface area contributed by atoms with Crippen LogP contribution in [0.4, 0.5) is 4.79 Å². The predicted octanol–water partition coefficient (Wildman–Crippen LogP) is 3.93. The van der Waals surface area contributed by atoms with E-state index in [1.807, 2.05) is 23.2 Å². The summed E-state index contributed by atoms with van der Waals surface area (Å²) in [6.45, 7) is 2.70. The fraction of sp³-hybridized carbons (Fsp3) is 0.458. The van der Waals surface area contributed by atoms with E-state index < -0.39 is 0 Å². The molecule has 2 saturated heterocycles. The lowest BCUT2D eigenvalue weighted by Gasteiger charge is -2.49. The SMILES string of the molecule is COc1cccc(CN2C(=O)N3NC(c4ccc(C)cc4)NC3C3CCCCC32)c1. The molecule has 3 aliphatic rings. The number of hydrogen-bond donors (Lipinski definition) is 2. The van der Waals surface area contributed by atoms with Crippen molar-refractivity contribution in [1.29, 1.82) is 0 Å². The van der Waals surface area contributed by atoms with Crippen molar-refractivity contribution in [2.24, 2.45) is 5.92 Å². The topological polar surface area (TPSA) is 56.8 Å². The van der Waals surface area contributed by atoms with Gasteiger partial charge in [0, 0.05) is 18.5 Å². The van der Waals surface area contributed by atoms with Crippen LogP contribution >= 0.6 is 0 Å². The lowest BCUT2D eigenvalue weighted by atomic mass is 9.80. The third kappa shape index (κ3) is 3.44. The summed E-state index contributed by atoms with van der Waals surface area (Å²) in [4.78, 5) is 15.6. The lowest BCUT2D eigenvalue weighted by Crippen LogP contribution is -2.65. The Kier molecular flexibility index (Phi) is 5.13. The molecule has 4 unspecified atom stereocenters. The first kappa shape index (κ1) is 19.4. The number of methoxy groups -OCH3 is 1. The van der Waals surface area contributed by atoms with Crippen LogP contribution in [0.25, 0.3) is 0 Å². The van der Waals surface area contributed by atoms with Crippen molar-refractivity contribution >= 4 is 6.03 Å². The summed E-state index contributed by atoms with van der Waals surface area (Å²) in [6, 6.07) is 16.9. The highest BCUT2D eigenvalue weighted by molar-refractivity contribution is 5.76. The quantitative estimate of drug-likeness (QED) is 0.808. The predicted molar refractivity (Wildman–Crippen MR) is 115 cm³/mol. The summed E-state index contributed by atoms with van der Waals surface area (Å²) >= 11 is 0. The van der Waals surface area contributed by atoms with E-state index in [4.69, 9.17) is 4.74 Å². The second-order valence-corrected chi connectivity index (χ2v) is 8.73. The van der Waals surface area contributed by atoms with Gasteiger partial charge < -0.3 is 9.64 Å². The van der Waals surface area contributed by atoms with Gasteiger partial charge in [0.15, 0.2) is 0 Å². The van der Waals surface area contributed by atoms with E-state index in [1.165, 1.54) is 18.4 Å². The van der Waals surface area contributed by atoms with E-state index in [9.17, 15) is 4.79 Å². The number of hydrogen-bond acceptors (Lipinski definition) is 4. The van der Waals surface area contributed by atoms with Crippen molar-refractivity contribution in [3.8, 4) is 5.75 Å². The van der Waals surface area contributed by atoms with Crippen molar-refractivity contribution in [1.82, 2.24) is 20.7 Å². The van der Waals surface area contributed by atoms with Crippen LogP contribution in [0.5, 0.6) is 5.75 Å². The smallest absolute Gasteiger partial charge is 0.336 e. The highest BCUT2D eigenvalue weighted by Gasteiger charge is 2.51. The van der Waals surface area contributed by atoms with Gasteiger partial charge >= 0.3 is 6.03 Å². The Labute approximate surface area is 178 Å². The first-order valence-electron chi connectivity index (χ1n) is 11.0. The van der Waals surface area contributed by atoms with Gasteiger partial charge in [0.05, 0.1) is 7.11 Å². The number of urea groups is 1. The van der Waals surface area contributed by atoms with Crippen LogP contribution < -0.4 is 15.5 Å². The van der Waals surface area contributed by atoms with Gasteiger partial charge in [-0.25, -0.2) is 15.2 Å². The van der Waals surface area contributed by atoms with Gasteiger partial charge in [-0.1, -0.05) is 54.8 Å². The van der Waals surface area contributed by atoms with Crippen LogP contribution in [0.3, 0.4) is 0 Å². The molecule has 5 rings (SSSR count). The van der Waals surface area contributed by atoms with Crippen LogP contribution in [0.15, 0.2) is 48.5 Å². The molecule has 0 spiro atoms. The molecular formula is C24H30N4O2. The molecule has 0 aromatic heterocycles. The Hall–Kier alpha value is -2.57. The fourth-order valence-corrected chi connectivity index (χ4v) is 5.25. The molecule has 0 radical (unpaired) electrons. The standard InChI is InChI=1S/C24H30N4O2/c1-16-10-12-18(13-11-16)22-25-23-20-8-3-4-9-21(20)27(24(29)28(23)26-22)15-17-6-5-7-19(14-17)30-2/h5-7,10-14,20-23,25-26H,3-4,8-9,15H2,1-2H3. The zero-order valence-electron chi connectivity index (χ0n) is 17.7. The minimum absolute atomic E-state index is 0.0377. The van der Waals surface area contributed by atoms with Gasteiger partial charge in [0.25, 0.3) is 0 Å². The molecule has 1 saturated carbocycles. The molecule has 6 heteroatoms. The third-order valence-corrected chi connectivity index (χ3v) is 6.82. The Morgan fingerprint density at radius 3 is 2.70 bits per heavy atom. The van der Waals surface area contributed by atoms with Crippen molar-refractivity contribution in [3.63, 3.8) is 0 Å². The molecule has 4 atom stereocenters. The van der Waals surface area contributed by atoms with E-state index in [-0.39, 0.29) is 24.4 Å². The molecule has 2 N–H and O–H groups in total. The lowest BCUT2D eigenvalue weighted by molar-refractivity contribution is -0.00379. The summed E-state index contributed by atoms with van der Waals surface area (Å²) in [5.41, 5.74) is 6.96. The molecule has 30 heavy (non-hydrogen) atoms. The molecule has 2 heterocycles. The Morgan fingerprint density at radius 2 is 1.90 bits per heavy atom. The molecule has 2 aliphatic heterocycles. The number of fused-ring (bicyclic) bond motifs is 3. The van der Waals surface area contributed by atoms with Crippen LogP contribution in [-0.4, -0.2) is 35.3 Å². The maximum Gasteiger partial charge on any atom is 0.336 e. The normalized spacial score (nSPS) is 28.3.